The highest BCUT2D eigenvalue weighted by atomic mass is 127. The predicted octanol–water partition coefficient (Wildman–Crippen LogP) is 4.74. The highest BCUT2D eigenvalue weighted by molar-refractivity contribution is 14.0. The van der Waals surface area contributed by atoms with E-state index in [4.69, 9.17) is 14.5 Å². The molecule has 0 atom stereocenters. The summed E-state index contributed by atoms with van der Waals surface area (Å²) < 4.78 is 24.9. The maximum atomic E-state index is 13.5. The van der Waals surface area contributed by atoms with Crippen LogP contribution in [0.1, 0.15) is 36.5 Å². The van der Waals surface area contributed by atoms with Crippen LogP contribution < -0.4 is 5.32 Å². The Morgan fingerprint density at radius 3 is 2.58 bits per heavy atom. The standard InChI is InChI=1S/C24H32FN3O2.HI/c1-3-26-24(28(2)17-20-7-5-9-22(25)15-20)27-16-19-6-4-8-21(14-19)18-30-23-10-12-29-13-11-23;/h4-9,14-15,23H,3,10-13,16-18H2,1-2H3,(H,26,27);1H. The molecule has 0 saturated carbocycles. The molecular formula is C24H33FIN3O2. The van der Waals surface area contributed by atoms with Gasteiger partial charge in [-0.2, -0.15) is 0 Å². The van der Waals surface area contributed by atoms with Crippen molar-refractivity contribution in [3.63, 3.8) is 0 Å². The minimum atomic E-state index is -0.220. The zero-order valence-electron chi connectivity index (χ0n) is 18.4. The van der Waals surface area contributed by atoms with Crippen LogP contribution in [-0.4, -0.2) is 43.8 Å². The van der Waals surface area contributed by atoms with E-state index in [1.807, 2.05) is 24.9 Å². The van der Waals surface area contributed by atoms with Crippen LogP contribution in [0.4, 0.5) is 4.39 Å². The van der Waals surface area contributed by atoms with Gasteiger partial charge in [-0.05, 0) is 48.6 Å². The maximum Gasteiger partial charge on any atom is 0.194 e. The molecule has 170 valence electrons. The first-order valence-corrected chi connectivity index (χ1v) is 10.6. The summed E-state index contributed by atoms with van der Waals surface area (Å²) in [5.74, 6) is 0.577. The van der Waals surface area contributed by atoms with Gasteiger partial charge in [0, 0.05) is 33.4 Å². The second kappa shape index (κ2) is 13.6. The summed E-state index contributed by atoms with van der Waals surface area (Å²) in [4.78, 5) is 6.78. The molecule has 1 N–H and O–H groups in total. The van der Waals surface area contributed by atoms with Crippen LogP contribution in [0.2, 0.25) is 0 Å². The van der Waals surface area contributed by atoms with E-state index in [0.717, 1.165) is 55.3 Å². The molecule has 0 amide bonds. The van der Waals surface area contributed by atoms with Gasteiger partial charge in [0.25, 0.3) is 0 Å². The van der Waals surface area contributed by atoms with Crippen molar-refractivity contribution >= 4 is 29.9 Å². The Kier molecular flexibility index (Phi) is 11.2. The highest BCUT2D eigenvalue weighted by Crippen LogP contribution is 2.15. The van der Waals surface area contributed by atoms with Crippen molar-refractivity contribution in [3.8, 4) is 0 Å². The van der Waals surface area contributed by atoms with E-state index >= 15 is 0 Å². The molecule has 0 aliphatic carbocycles. The molecule has 1 saturated heterocycles. The molecular weight excluding hydrogens is 508 g/mol. The van der Waals surface area contributed by atoms with Crippen LogP contribution in [0, 0.1) is 5.82 Å². The number of ether oxygens (including phenoxy) is 2. The van der Waals surface area contributed by atoms with Crippen LogP contribution in [0.3, 0.4) is 0 Å². The Bertz CT molecular complexity index is 828. The number of rotatable bonds is 8. The van der Waals surface area contributed by atoms with Crippen molar-refractivity contribution in [2.24, 2.45) is 4.99 Å². The largest absolute Gasteiger partial charge is 0.381 e. The molecule has 1 heterocycles. The first kappa shape index (κ1) is 25.5. The van der Waals surface area contributed by atoms with E-state index in [9.17, 15) is 4.39 Å². The smallest absolute Gasteiger partial charge is 0.194 e. The molecule has 0 radical (unpaired) electrons. The molecule has 5 nitrogen and oxygen atoms in total. The first-order chi connectivity index (χ1) is 14.6. The molecule has 31 heavy (non-hydrogen) atoms. The molecule has 7 heteroatoms. The first-order valence-electron chi connectivity index (χ1n) is 10.6. The molecule has 2 aromatic rings. The lowest BCUT2D eigenvalue weighted by Crippen LogP contribution is -2.38. The minimum Gasteiger partial charge on any atom is -0.381 e. The van der Waals surface area contributed by atoms with Crippen molar-refractivity contribution in [2.45, 2.75) is 45.6 Å². The van der Waals surface area contributed by atoms with Crippen LogP contribution in [0.25, 0.3) is 0 Å². The van der Waals surface area contributed by atoms with Gasteiger partial charge >= 0.3 is 0 Å². The van der Waals surface area contributed by atoms with Crippen LogP contribution >= 0.6 is 24.0 Å². The summed E-state index contributed by atoms with van der Waals surface area (Å²) in [5, 5.41) is 3.32. The summed E-state index contributed by atoms with van der Waals surface area (Å²) in [6, 6.07) is 15.0. The molecule has 0 spiro atoms. The predicted molar refractivity (Wildman–Crippen MR) is 133 cm³/mol. The summed E-state index contributed by atoms with van der Waals surface area (Å²) in [6.07, 6.45) is 2.22. The number of benzene rings is 2. The van der Waals surface area contributed by atoms with E-state index in [0.29, 0.717) is 19.7 Å². The fraction of sp³-hybridized carbons (Fsp3) is 0.458. The van der Waals surface area contributed by atoms with E-state index in [-0.39, 0.29) is 35.9 Å². The Balaban J connectivity index is 0.00000341. The maximum absolute atomic E-state index is 13.5. The van der Waals surface area contributed by atoms with E-state index < -0.39 is 0 Å². The highest BCUT2D eigenvalue weighted by Gasteiger charge is 2.14. The monoisotopic (exact) mass is 541 g/mol. The second-order valence-corrected chi connectivity index (χ2v) is 7.60. The molecule has 1 aliphatic heterocycles. The Morgan fingerprint density at radius 2 is 1.84 bits per heavy atom. The minimum absolute atomic E-state index is 0. The van der Waals surface area contributed by atoms with Gasteiger partial charge in [0.15, 0.2) is 5.96 Å². The second-order valence-electron chi connectivity index (χ2n) is 7.60. The van der Waals surface area contributed by atoms with Crippen LogP contribution in [0.5, 0.6) is 0 Å². The van der Waals surface area contributed by atoms with Gasteiger partial charge in [-0.25, -0.2) is 9.38 Å². The third-order valence-electron chi connectivity index (χ3n) is 5.06. The number of guanidine groups is 1. The van der Waals surface area contributed by atoms with Gasteiger partial charge in [-0.3, -0.25) is 0 Å². The van der Waals surface area contributed by atoms with E-state index in [2.05, 4.69) is 29.6 Å². The normalized spacial score (nSPS) is 14.7. The lowest BCUT2D eigenvalue weighted by molar-refractivity contribution is -0.0390. The van der Waals surface area contributed by atoms with Crippen molar-refractivity contribution in [3.05, 3.63) is 71.0 Å². The summed E-state index contributed by atoms with van der Waals surface area (Å²) in [5.41, 5.74) is 3.21. The Hall–Kier alpha value is -1.71. The number of halogens is 2. The Labute approximate surface area is 202 Å². The average molecular weight is 541 g/mol. The number of nitrogens with one attached hydrogen (secondary N) is 1. The van der Waals surface area contributed by atoms with E-state index in [1.54, 1.807) is 12.1 Å². The van der Waals surface area contributed by atoms with Gasteiger partial charge in [-0.1, -0.05) is 36.4 Å². The molecule has 1 fully saturated rings. The zero-order valence-corrected chi connectivity index (χ0v) is 20.7. The molecule has 0 bridgehead atoms. The quantitative estimate of drug-likeness (QED) is 0.298. The third-order valence-corrected chi connectivity index (χ3v) is 5.06. The van der Waals surface area contributed by atoms with Crippen molar-refractivity contribution in [1.29, 1.82) is 0 Å². The van der Waals surface area contributed by atoms with Crippen LogP contribution in [-0.2, 0) is 29.2 Å². The van der Waals surface area contributed by atoms with E-state index in [1.165, 1.54) is 6.07 Å². The number of hydrogen-bond acceptors (Lipinski definition) is 3. The molecule has 0 aromatic heterocycles. The average Bonchev–Trinajstić information content (AvgIpc) is 2.76. The van der Waals surface area contributed by atoms with Gasteiger partial charge in [0.05, 0.1) is 19.3 Å². The van der Waals surface area contributed by atoms with Gasteiger partial charge in [0.2, 0.25) is 0 Å². The molecule has 3 rings (SSSR count). The zero-order chi connectivity index (χ0) is 21.2. The molecule has 2 aromatic carbocycles. The number of nitrogens with zero attached hydrogens (tertiary/aromatic N) is 2. The lowest BCUT2D eigenvalue weighted by atomic mass is 10.1. The van der Waals surface area contributed by atoms with Gasteiger partial charge in [0.1, 0.15) is 5.82 Å². The van der Waals surface area contributed by atoms with Crippen molar-refractivity contribution < 1.29 is 13.9 Å². The third kappa shape index (κ3) is 8.74. The molecule has 1 aliphatic rings. The molecule has 0 unspecified atom stereocenters. The fourth-order valence-corrected chi connectivity index (χ4v) is 3.49. The van der Waals surface area contributed by atoms with Crippen molar-refractivity contribution in [2.75, 3.05) is 26.8 Å². The van der Waals surface area contributed by atoms with Gasteiger partial charge < -0.3 is 19.7 Å². The SMILES string of the molecule is CCNC(=NCc1cccc(COC2CCOCC2)c1)N(C)Cc1cccc(F)c1.I. The number of hydrogen-bond donors (Lipinski definition) is 1. The summed E-state index contributed by atoms with van der Waals surface area (Å²) in [6.45, 7) is 6.15. The number of aliphatic imine (C=N–C) groups is 1. The van der Waals surface area contributed by atoms with Gasteiger partial charge in [-0.15, -0.1) is 24.0 Å². The lowest BCUT2D eigenvalue weighted by Gasteiger charge is -2.23. The van der Waals surface area contributed by atoms with Crippen molar-refractivity contribution in [1.82, 2.24) is 10.2 Å². The topological polar surface area (TPSA) is 46.1 Å². The van der Waals surface area contributed by atoms with Crippen LogP contribution in [0.15, 0.2) is 53.5 Å². The summed E-state index contributed by atoms with van der Waals surface area (Å²) >= 11 is 0. The fourth-order valence-electron chi connectivity index (χ4n) is 3.49. The Morgan fingerprint density at radius 1 is 1.13 bits per heavy atom. The summed E-state index contributed by atoms with van der Waals surface area (Å²) in [7, 11) is 1.96.